The number of hydrogen-bond acceptors (Lipinski definition) is 4. The molecule has 1 aromatic carbocycles. The van der Waals surface area contributed by atoms with Crippen LogP contribution in [0.3, 0.4) is 0 Å². The van der Waals surface area contributed by atoms with Gasteiger partial charge in [0.05, 0.1) is 18.4 Å². The summed E-state index contributed by atoms with van der Waals surface area (Å²) >= 11 is 1.10. The summed E-state index contributed by atoms with van der Waals surface area (Å²) in [7, 11) is 1.22. The van der Waals surface area contributed by atoms with Gasteiger partial charge in [-0.15, -0.1) is 11.3 Å². The molecule has 0 saturated carbocycles. The number of esters is 1. The van der Waals surface area contributed by atoms with Crippen LogP contribution < -0.4 is 5.32 Å². The Kier molecular flexibility index (Phi) is 4.32. The van der Waals surface area contributed by atoms with Gasteiger partial charge in [0, 0.05) is 0 Å². The molecule has 0 radical (unpaired) electrons. The van der Waals surface area contributed by atoms with Gasteiger partial charge in [0.15, 0.2) is 0 Å². The van der Waals surface area contributed by atoms with Gasteiger partial charge in [-0.3, -0.25) is 4.79 Å². The number of benzene rings is 1. The highest BCUT2D eigenvalue weighted by atomic mass is 32.1. The smallest absolute Gasteiger partial charge is 0.350 e. The average Bonchev–Trinajstić information content (AvgIpc) is 2.82. The van der Waals surface area contributed by atoms with Crippen LogP contribution in [-0.2, 0) is 4.74 Å². The van der Waals surface area contributed by atoms with Crippen molar-refractivity contribution in [2.45, 2.75) is 6.92 Å². The van der Waals surface area contributed by atoms with Crippen LogP contribution in [0.2, 0.25) is 0 Å². The Labute approximate surface area is 123 Å². The lowest BCUT2D eigenvalue weighted by Gasteiger charge is -2.08. The lowest BCUT2D eigenvalue weighted by Crippen LogP contribution is -2.16. The fourth-order valence-electron chi connectivity index (χ4n) is 1.69. The van der Waals surface area contributed by atoms with E-state index in [1.807, 2.05) is 0 Å². The highest BCUT2D eigenvalue weighted by molar-refractivity contribution is 7.12. The van der Waals surface area contributed by atoms with Gasteiger partial charge in [0.25, 0.3) is 5.91 Å². The van der Waals surface area contributed by atoms with E-state index in [9.17, 15) is 18.4 Å². The topological polar surface area (TPSA) is 55.4 Å². The summed E-state index contributed by atoms with van der Waals surface area (Å²) in [6.45, 7) is 1.68. The van der Waals surface area contributed by atoms with Gasteiger partial charge in [-0.2, -0.15) is 0 Å². The first-order valence-electron chi connectivity index (χ1n) is 5.87. The number of carbonyl (C=O) groups is 2. The summed E-state index contributed by atoms with van der Waals surface area (Å²) in [5.41, 5.74) is 0.433. The average molecular weight is 311 g/mol. The zero-order valence-electron chi connectivity index (χ0n) is 11.2. The molecule has 0 aliphatic rings. The van der Waals surface area contributed by atoms with Crippen LogP contribution in [0.5, 0.6) is 0 Å². The molecule has 0 aliphatic heterocycles. The van der Waals surface area contributed by atoms with Gasteiger partial charge in [0.1, 0.15) is 16.5 Å². The minimum absolute atomic E-state index is 0.195. The van der Waals surface area contributed by atoms with E-state index in [2.05, 4.69) is 10.1 Å². The van der Waals surface area contributed by atoms with Crippen LogP contribution >= 0.6 is 11.3 Å². The van der Waals surface area contributed by atoms with Gasteiger partial charge in [-0.25, -0.2) is 13.6 Å². The first-order chi connectivity index (χ1) is 9.93. The highest BCUT2D eigenvalue weighted by Gasteiger charge is 2.20. The van der Waals surface area contributed by atoms with Crippen LogP contribution in [0.25, 0.3) is 0 Å². The molecule has 0 unspecified atom stereocenters. The van der Waals surface area contributed by atoms with Gasteiger partial charge in [-0.1, -0.05) is 0 Å². The van der Waals surface area contributed by atoms with Crippen molar-refractivity contribution in [3.8, 4) is 0 Å². The maximum absolute atomic E-state index is 13.6. The molecule has 0 aliphatic carbocycles. The van der Waals surface area contributed by atoms with Crippen LogP contribution in [-0.4, -0.2) is 19.0 Å². The molecule has 110 valence electrons. The van der Waals surface area contributed by atoms with Crippen molar-refractivity contribution in [3.63, 3.8) is 0 Å². The Morgan fingerprint density at radius 2 is 2.00 bits per heavy atom. The largest absolute Gasteiger partial charge is 0.465 e. The van der Waals surface area contributed by atoms with Crippen molar-refractivity contribution in [1.29, 1.82) is 0 Å². The maximum Gasteiger partial charge on any atom is 0.350 e. The highest BCUT2D eigenvalue weighted by Crippen LogP contribution is 2.29. The summed E-state index contributed by atoms with van der Waals surface area (Å²) in [5, 5.41) is 4.08. The molecule has 0 spiro atoms. The number of halogens is 2. The van der Waals surface area contributed by atoms with Crippen LogP contribution in [0.4, 0.5) is 14.5 Å². The van der Waals surface area contributed by atoms with Crippen molar-refractivity contribution < 1.29 is 23.1 Å². The Bertz CT molecular complexity index is 712. The zero-order chi connectivity index (χ0) is 15.6. The number of aryl methyl sites for hydroxylation is 1. The quantitative estimate of drug-likeness (QED) is 0.884. The zero-order valence-corrected chi connectivity index (χ0v) is 12.0. The molecule has 0 atom stereocenters. The van der Waals surface area contributed by atoms with E-state index in [4.69, 9.17) is 0 Å². The normalized spacial score (nSPS) is 10.3. The summed E-state index contributed by atoms with van der Waals surface area (Å²) in [4.78, 5) is 23.8. The molecule has 1 amide bonds. The number of methoxy groups -OCH3 is 1. The molecule has 2 aromatic rings. The van der Waals surface area contributed by atoms with Crippen LogP contribution in [0.1, 0.15) is 25.6 Å². The lowest BCUT2D eigenvalue weighted by atomic mass is 10.1. The summed E-state index contributed by atoms with van der Waals surface area (Å²) in [5.74, 6) is -3.01. The molecule has 1 N–H and O–H groups in total. The van der Waals surface area contributed by atoms with Gasteiger partial charge < -0.3 is 10.1 Å². The fourth-order valence-corrected chi connectivity index (χ4v) is 2.62. The van der Waals surface area contributed by atoms with E-state index in [1.54, 1.807) is 12.3 Å². The standard InChI is InChI=1S/C14H11F2NO3S/c1-7-6-21-12(14(19)20-2)11(7)17-13(18)9-5-8(15)3-4-10(9)16/h3-6H,1-2H3,(H,17,18). The van der Waals surface area contributed by atoms with Crippen LogP contribution in [0.15, 0.2) is 23.6 Å². The summed E-state index contributed by atoms with van der Waals surface area (Å²) in [6.07, 6.45) is 0. The third kappa shape index (κ3) is 3.08. The van der Waals surface area contributed by atoms with E-state index in [0.29, 0.717) is 5.56 Å². The predicted molar refractivity (Wildman–Crippen MR) is 74.7 cm³/mol. The van der Waals surface area contributed by atoms with Crippen molar-refractivity contribution >= 4 is 28.9 Å². The Morgan fingerprint density at radius 3 is 2.67 bits per heavy atom. The molecular weight excluding hydrogens is 300 g/mol. The number of nitrogens with one attached hydrogen (secondary N) is 1. The second-order valence-corrected chi connectivity index (χ2v) is 5.07. The molecule has 0 bridgehead atoms. The van der Waals surface area contributed by atoms with E-state index >= 15 is 0 Å². The number of ether oxygens (including phenoxy) is 1. The molecule has 7 heteroatoms. The Hall–Kier alpha value is -2.28. The van der Waals surface area contributed by atoms with Crippen molar-refractivity contribution in [2.75, 3.05) is 12.4 Å². The Morgan fingerprint density at radius 1 is 1.29 bits per heavy atom. The minimum Gasteiger partial charge on any atom is -0.465 e. The van der Waals surface area contributed by atoms with Gasteiger partial charge in [-0.05, 0) is 36.1 Å². The molecule has 2 rings (SSSR count). The summed E-state index contributed by atoms with van der Waals surface area (Å²) < 4.78 is 31.3. The maximum atomic E-state index is 13.6. The SMILES string of the molecule is COC(=O)c1scc(C)c1NC(=O)c1cc(F)ccc1F. The second-order valence-electron chi connectivity index (χ2n) is 4.19. The van der Waals surface area contributed by atoms with Crippen molar-refractivity contribution in [3.05, 3.63) is 51.2 Å². The number of thiophene rings is 1. The number of hydrogen-bond donors (Lipinski definition) is 1. The third-order valence-corrected chi connectivity index (χ3v) is 3.84. The lowest BCUT2D eigenvalue weighted by molar-refractivity contribution is 0.0607. The predicted octanol–water partition coefficient (Wildman–Crippen LogP) is 3.37. The minimum atomic E-state index is -0.846. The number of amides is 1. The van der Waals surface area contributed by atoms with E-state index < -0.39 is 29.1 Å². The molecule has 1 heterocycles. The number of rotatable bonds is 3. The monoisotopic (exact) mass is 311 g/mol. The first-order valence-corrected chi connectivity index (χ1v) is 6.74. The third-order valence-electron chi connectivity index (χ3n) is 2.76. The molecular formula is C14H11F2NO3S. The Balaban J connectivity index is 2.34. The molecule has 0 fully saturated rings. The van der Waals surface area contributed by atoms with Crippen molar-refractivity contribution in [1.82, 2.24) is 0 Å². The molecule has 1 aromatic heterocycles. The van der Waals surface area contributed by atoms with Gasteiger partial charge >= 0.3 is 5.97 Å². The number of carbonyl (C=O) groups excluding carboxylic acids is 2. The van der Waals surface area contributed by atoms with Crippen molar-refractivity contribution in [2.24, 2.45) is 0 Å². The van der Waals surface area contributed by atoms with E-state index in [-0.39, 0.29) is 10.6 Å². The molecule has 0 saturated heterocycles. The van der Waals surface area contributed by atoms with Crippen LogP contribution in [0, 0.1) is 18.6 Å². The number of anilines is 1. The molecule has 4 nitrogen and oxygen atoms in total. The fraction of sp³-hybridized carbons (Fsp3) is 0.143. The first kappa shape index (κ1) is 15.1. The van der Waals surface area contributed by atoms with E-state index in [1.165, 1.54) is 7.11 Å². The van der Waals surface area contributed by atoms with E-state index in [0.717, 1.165) is 29.5 Å². The second kappa shape index (κ2) is 6.01. The van der Waals surface area contributed by atoms with Gasteiger partial charge in [0.2, 0.25) is 0 Å². The summed E-state index contributed by atoms with van der Waals surface area (Å²) in [6, 6.07) is 2.58. The molecule has 21 heavy (non-hydrogen) atoms.